The maximum Gasteiger partial charge on any atom is 0.0798 e. The fraction of sp³-hybridized carbons (Fsp3) is 0.333. The van der Waals surface area contributed by atoms with E-state index in [1.807, 2.05) is 33.2 Å². The van der Waals surface area contributed by atoms with E-state index in [1.165, 1.54) is 0 Å². The Morgan fingerprint density at radius 1 is 1.35 bits per heavy atom. The summed E-state index contributed by atoms with van der Waals surface area (Å²) in [6.07, 6.45) is 1.76. The molecule has 1 unspecified atom stereocenters. The lowest BCUT2D eigenvalue weighted by molar-refractivity contribution is 0.597. The van der Waals surface area contributed by atoms with E-state index in [4.69, 9.17) is 11.6 Å². The topological polar surface area (TPSA) is 42.7 Å². The van der Waals surface area contributed by atoms with Crippen LogP contribution in [0, 0.1) is 6.92 Å². The number of benzene rings is 1. The fourth-order valence-electron chi connectivity index (χ4n) is 1.98. The third-order valence-electron chi connectivity index (χ3n) is 2.73. The van der Waals surface area contributed by atoms with E-state index in [1.54, 1.807) is 10.9 Å². The zero-order valence-electron chi connectivity index (χ0n) is 10.1. The molecule has 1 heterocycles. The number of nitrogens with zero attached hydrogens (tertiary/aromatic N) is 3. The zero-order valence-corrected chi connectivity index (χ0v) is 10.9. The van der Waals surface area contributed by atoms with Gasteiger partial charge in [0, 0.05) is 12.1 Å². The number of halogens is 1. The first-order chi connectivity index (χ1) is 8.11. The number of hydrogen-bond donors (Lipinski definition) is 1. The second kappa shape index (κ2) is 4.85. The van der Waals surface area contributed by atoms with E-state index >= 15 is 0 Å². The van der Waals surface area contributed by atoms with E-state index in [9.17, 15) is 0 Å². The first-order valence-corrected chi connectivity index (χ1v) is 5.78. The molecule has 4 nitrogen and oxygen atoms in total. The molecule has 1 atom stereocenters. The molecule has 0 spiro atoms. The van der Waals surface area contributed by atoms with E-state index in [-0.39, 0.29) is 6.04 Å². The van der Waals surface area contributed by atoms with Gasteiger partial charge >= 0.3 is 0 Å². The summed E-state index contributed by atoms with van der Waals surface area (Å²) in [7, 11) is 3.79. The molecule has 90 valence electrons. The first kappa shape index (κ1) is 12.1. The molecule has 0 aliphatic rings. The summed E-state index contributed by atoms with van der Waals surface area (Å²) >= 11 is 6.09. The van der Waals surface area contributed by atoms with Crippen LogP contribution >= 0.6 is 11.6 Å². The van der Waals surface area contributed by atoms with Crippen molar-refractivity contribution in [2.75, 3.05) is 7.05 Å². The Balaban J connectivity index is 2.45. The zero-order chi connectivity index (χ0) is 12.4. The molecule has 0 saturated heterocycles. The lowest BCUT2D eigenvalue weighted by atomic mass is 10.0. The van der Waals surface area contributed by atoms with Crippen LogP contribution in [0.15, 0.2) is 24.4 Å². The predicted octanol–water partition coefficient (Wildman–Crippen LogP) is 2.09. The standard InChI is InChI=1S/C12H15ClN4/c1-8-4-9(6-10(13)5-8)12(14-2)11-7-15-16-17(11)3/h4-7,12,14H,1-3H3. The minimum Gasteiger partial charge on any atom is -0.308 e. The smallest absolute Gasteiger partial charge is 0.0798 e. The molecule has 0 saturated carbocycles. The second-order valence-electron chi connectivity index (χ2n) is 4.07. The van der Waals surface area contributed by atoms with Gasteiger partial charge in [-0.15, -0.1) is 5.10 Å². The molecular formula is C12H15ClN4. The summed E-state index contributed by atoms with van der Waals surface area (Å²) in [6, 6.07) is 6.06. The number of rotatable bonds is 3. The Labute approximate surface area is 106 Å². The van der Waals surface area contributed by atoms with E-state index in [0.717, 1.165) is 21.8 Å². The Bertz CT molecular complexity index is 501. The fourth-order valence-corrected chi connectivity index (χ4v) is 2.27. The highest BCUT2D eigenvalue weighted by Gasteiger charge is 2.16. The summed E-state index contributed by atoms with van der Waals surface area (Å²) in [5, 5.41) is 11.9. The Kier molecular flexibility index (Phi) is 3.45. The summed E-state index contributed by atoms with van der Waals surface area (Å²) in [5.41, 5.74) is 3.26. The van der Waals surface area contributed by atoms with Gasteiger partial charge in [0.15, 0.2) is 0 Å². The Morgan fingerprint density at radius 3 is 2.65 bits per heavy atom. The maximum absolute atomic E-state index is 6.09. The Hall–Kier alpha value is -1.39. The predicted molar refractivity (Wildman–Crippen MR) is 68.1 cm³/mol. The van der Waals surface area contributed by atoms with Crippen molar-refractivity contribution in [2.24, 2.45) is 7.05 Å². The van der Waals surface area contributed by atoms with Crippen LogP contribution in [-0.2, 0) is 7.05 Å². The van der Waals surface area contributed by atoms with Gasteiger partial charge in [-0.25, -0.2) is 0 Å². The van der Waals surface area contributed by atoms with Crippen molar-refractivity contribution < 1.29 is 0 Å². The highest BCUT2D eigenvalue weighted by molar-refractivity contribution is 6.30. The van der Waals surface area contributed by atoms with Crippen LogP contribution in [0.5, 0.6) is 0 Å². The number of nitrogens with one attached hydrogen (secondary N) is 1. The van der Waals surface area contributed by atoms with Gasteiger partial charge in [0.05, 0.1) is 17.9 Å². The molecule has 0 fully saturated rings. The van der Waals surface area contributed by atoms with Crippen LogP contribution in [0.1, 0.15) is 22.9 Å². The minimum atomic E-state index is 0.0485. The molecule has 2 aromatic rings. The maximum atomic E-state index is 6.09. The quantitative estimate of drug-likeness (QED) is 0.907. The van der Waals surface area contributed by atoms with Crippen molar-refractivity contribution in [3.8, 4) is 0 Å². The third kappa shape index (κ3) is 2.48. The van der Waals surface area contributed by atoms with Crippen molar-refractivity contribution in [3.63, 3.8) is 0 Å². The van der Waals surface area contributed by atoms with Gasteiger partial charge in [-0.1, -0.05) is 22.9 Å². The summed E-state index contributed by atoms with van der Waals surface area (Å²) in [6.45, 7) is 2.03. The van der Waals surface area contributed by atoms with Crippen molar-refractivity contribution >= 4 is 11.6 Å². The van der Waals surface area contributed by atoms with Crippen molar-refractivity contribution in [1.29, 1.82) is 0 Å². The molecule has 0 radical (unpaired) electrons. The number of aryl methyl sites for hydroxylation is 2. The third-order valence-corrected chi connectivity index (χ3v) is 2.95. The molecule has 0 bridgehead atoms. The second-order valence-corrected chi connectivity index (χ2v) is 4.50. The van der Waals surface area contributed by atoms with Crippen molar-refractivity contribution in [3.05, 3.63) is 46.2 Å². The monoisotopic (exact) mass is 250 g/mol. The highest BCUT2D eigenvalue weighted by Crippen LogP contribution is 2.24. The molecular weight excluding hydrogens is 236 g/mol. The lowest BCUT2D eigenvalue weighted by Gasteiger charge is -2.17. The van der Waals surface area contributed by atoms with Gasteiger partial charge in [-0.2, -0.15) is 0 Å². The molecule has 1 aromatic heterocycles. The van der Waals surface area contributed by atoms with Gasteiger partial charge in [-0.05, 0) is 37.2 Å². The minimum absolute atomic E-state index is 0.0485. The highest BCUT2D eigenvalue weighted by atomic mass is 35.5. The average Bonchev–Trinajstić information content (AvgIpc) is 2.65. The molecule has 2 rings (SSSR count). The van der Waals surface area contributed by atoms with Crippen LogP contribution in [0.3, 0.4) is 0 Å². The van der Waals surface area contributed by atoms with Gasteiger partial charge in [0.25, 0.3) is 0 Å². The molecule has 1 aromatic carbocycles. The first-order valence-electron chi connectivity index (χ1n) is 5.40. The van der Waals surface area contributed by atoms with Crippen LogP contribution in [0.25, 0.3) is 0 Å². The van der Waals surface area contributed by atoms with Crippen molar-refractivity contribution in [1.82, 2.24) is 20.3 Å². The average molecular weight is 251 g/mol. The van der Waals surface area contributed by atoms with Crippen molar-refractivity contribution in [2.45, 2.75) is 13.0 Å². The molecule has 5 heteroatoms. The number of aromatic nitrogens is 3. The van der Waals surface area contributed by atoms with Crippen LogP contribution in [-0.4, -0.2) is 22.0 Å². The summed E-state index contributed by atoms with van der Waals surface area (Å²) < 4.78 is 1.76. The van der Waals surface area contributed by atoms with E-state index in [0.29, 0.717) is 0 Å². The molecule has 0 aliphatic heterocycles. The molecule has 0 aliphatic carbocycles. The largest absolute Gasteiger partial charge is 0.308 e. The molecule has 0 amide bonds. The van der Waals surface area contributed by atoms with Crippen LogP contribution in [0.2, 0.25) is 5.02 Å². The lowest BCUT2D eigenvalue weighted by Crippen LogP contribution is -2.20. The van der Waals surface area contributed by atoms with Crippen LogP contribution in [0.4, 0.5) is 0 Å². The summed E-state index contributed by atoms with van der Waals surface area (Å²) in [4.78, 5) is 0. The normalized spacial score (nSPS) is 12.7. The van der Waals surface area contributed by atoms with Gasteiger partial charge in [0.2, 0.25) is 0 Å². The van der Waals surface area contributed by atoms with Gasteiger partial charge in [0.1, 0.15) is 0 Å². The van der Waals surface area contributed by atoms with Crippen LogP contribution < -0.4 is 5.32 Å². The molecule has 17 heavy (non-hydrogen) atoms. The Morgan fingerprint density at radius 2 is 2.12 bits per heavy atom. The van der Waals surface area contributed by atoms with Gasteiger partial charge < -0.3 is 5.32 Å². The SMILES string of the molecule is CNC(c1cc(C)cc(Cl)c1)c1cnnn1C. The van der Waals surface area contributed by atoms with E-state index < -0.39 is 0 Å². The van der Waals surface area contributed by atoms with Gasteiger partial charge in [-0.3, -0.25) is 4.68 Å². The van der Waals surface area contributed by atoms with E-state index in [2.05, 4.69) is 21.7 Å². The summed E-state index contributed by atoms with van der Waals surface area (Å²) in [5.74, 6) is 0. The molecule has 1 N–H and O–H groups in total. The number of hydrogen-bond acceptors (Lipinski definition) is 3.